The van der Waals surface area contributed by atoms with Crippen molar-refractivity contribution >= 4 is 27.5 Å². The van der Waals surface area contributed by atoms with Crippen LogP contribution in [0.15, 0.2) is 41.4 Å². The van der Waals surface area contributed by atoms with Crippen molar-refractivity contribution < 1.29 is 22.7 Å². The van der Waals surface area contributed by atoms with Gasteiger partial charge in [-0.3, -0.25) is 9.59 Å². The molecule has 0 radical (unpaired) electrons. The molecule has 9 nitrogen and oxygen atoms in total. The number of aromatic nitrogens is 1. The molecule has 0 spiro atoms. The van der Waals surface area contributed by atoms with E-state index in [-0.39, 0.29) is 28.9 Å². The van der Waals surface area contributed by atoms with Crippen LogP contribution in [0, 0.1) is 5.92 Å². The molecule has 1 atom stereocenters. The molecule has 4 rings (SSSR count). The van der Waals surface area contributed by atoms with E-state index in [9.17, 15) is 18.0 Å². The largest absolute Gasteiger partial charge is 0.497 e. The minimum absolute atomic E-state index is 0.0573. The lowest BCUT2D eigenvalue weighted by molar-refractivity contribution is -0.120. The average Bonchev–Trinajstić information content (AvgIpc) is 3.21. The quantitative estimate of drug-likeness (QED) is 0.649. The van der Waals surface area contributed by atoms with Gasteiger partial charge in [-0.05, 0) is 56.0 Å². The molecule has 10 heteroatoms. The third-order valence-electron chi connectivity index (χ3n) is 6.53. The number of benzene rings is 1. The van der Waals surface area contributed by atoms with Gasteiger partial charge < -0.3 is 19.9 Å². The standard InChI is InChI=1S/C24H32N4O5S/c1-33-20-10-8-19(9-11-20)26-23(29)18-7-6-14-28(17-18)34(31,32)21-15-22(25-16-21)24(30)27-12-4-2-3-5-13-27/h8-11,15-16,18,25H,2-7,12-14,17H2,1H3,(H,26,29)/t18-/m1/s1. The summed E-state index contributed by atoms with van der Waals surface area (Å²) in [4.78, 5) is 30.4. The second-order valence-electron chi connectivity index (χ2n) is 8.88. The molecule has 3 heterocycles. The van der Waals surface area contributed by atoms with Crippen molar-refractivity contribution in [2.24, 2.45) is 5.92 Å². The number of likely N-dealkylation sites (tertiary alicyclic amines) is 1. The Balaban J connectivity index is 1.41. The van der Waals surface area contributed by atoms with Crippen LogP contribution < -0.4 is 10.1 Å². The minimum atomic E-state index is -3.83. The Hall–Kier alpha value is -2.85. The Bertz CT molecular complexity index is 1100. The highest BCUT2D eigenvalue weighted by Crippen LogP contribution is 2.26. The van der Waals surface area contributed by atoms with Crippen LogP contribution in [0.2, 0.25) is 0 Å². The van der Waals surface area contributed by atoms with Gasteiger partial charge in [-0.25, -0.2) is 8.42 Å². The van der Waals surface area contributed by atoms with E-state index in [1.165, 1.54) is 16.6 Å². The van der Waals surface area contributed by atoms with Crippen LogP contribution in [0.5, 0.6) is 5.75 Å². The van der Waals surface area contributed by atoms with Gasteiger partial charge in [0.25, 0.3) is 5.91 Å². The van der Waals surface area contributed by atoms with Crippen LogP contribution in [-0.2, 0) is 14.8 Å². The summed E-state index contributed by atoms with van der Waals surface area (Å²) in [6.07, 6.45) is 6.72. The third kappa shape index (κ3) is 5.44. The zero-order valence-electron chi connectivity index (χ0n) is 19.5. The Morgan fingerprint density at radius 2 is 1.74 bits per heavy atom. The highest BCUT2D eigenvalue weighted by Gasteiger charge is 2.34. The summed E-state index contributed by atoms with van der Waals surface area (Å²) in [5.41, 5.74) is 0.916. The summed E-state index contributed by atoms with van der Waals surface area (Å²) in [5, 5.41) is 2.86. The van der Waals surface area contributed by atoms with Crippen molar-refractivity contribution in [3.05, 3.63) is 42.2 Å². The summed E-state index contributed by atoms with van der Waals surface area (Å²) in [6.45, 7) is 1.83. The van der Waals surface area contributed by atoms with Crippen LogP contribution in [0.3, 0.4) is 0 Å². The number of hydrogen-bond acceptors (Lipinski definition) is 5. The molecule has 0 bridgehead atoms. The molecule has 184 valence electrons. The van der Waals surface area contributed by atoms with E-state index in [1.807, 2.05) is 0 Å². The van der Waals surface area contributed by atoms with Crippen LogP contribution >= 0.6 is 0 Å². The number of methoxy groups -OCH3 is 1. The first kappa shape index (κ1) is 24.3. The number of aromatic amines is 1. The fourth-order valence-electron chi connectivity index (χ4n) is 4.53. The Labute approximate surface area is 200 Å². The molecule has 2 aliphatic rings. The summed E-state index contributed by atoms with van der Waals surface area (Å²) in [5.74, 6) is -0.147. The molecule has 2 aliphatic heterocycles. The molecule has 2 fully saturated rings. The van der Waals surface area contributed by atoms with Gasteiger partial charge in [0.15, 0.2) is 0 Å². The molecule has 1 aromatic carbocycles. The number of H-pyrrole nitrogens is 1. The fourth-order valence-corrected chi connectivity index (χ4v) is 6.05. The molecular weight excluding hydrogens is 456 g/mol. The zero-order valence-corrected chi connectivity index (χ0v) is 20.3. The molecule has 0 aliphatic carbocycles. The summed E-state index contributed by atoms with van der Waals surface area (Å²) >= 11 is 0. The molecule has 34 heavy (non-hydrogen) atoms. The molecular formula is C24H32N4O5S. The Morgan fingerprint density at radius 3 is 2.41 bits per heavy atom. The number of nitrogens with zero attached hydrogens (tertiary/aromatic N) is 2. The maximum Gasteiger partial charge on any atom is 0.270 e. The number of ether oxygens (including phenoxy) is 1. The molecule has 0 saturated carbocycles. The molecule has 0 unspecified atom stereocenters. The predicted octanol–water partition coefficient (Wildman–Crippen LogP) is 3.08. The summed E-state index contributed by atoms with van der Waals surface area (Å²) in [6, 6.07) is 8.42. The molecule has 2 N–H and O–H groups in total. The SMILES string of the molecule is COc1ccc(NC(=O)[C@@H]2CCCN(S(=O)(=O)c3c[nH]c(C(=O)N4CCCCCC4)c3)C2)cc1. The zero-order chi connectivity index (χ0) is 24.1. The van der Waals surface area contributed by atoms with E-state index in [1.54, 1.807) is 36.3 Å². The monoisotopic (exact) mass is 488 g/mol. The lowest BCUT2D eigenvalue weighted by Crippen LogP contribution is -2.43. The van der Waals surface area contributed by atoms with Crippen molar-refractivity contribution in [1.29, 1.82) is 0 Å². The molecule has 2 aromatic rings. The van der Waals surface area contributed by atoms with Gasteiger partial charge in [0.1, 0.15) is 16.3 Å². The summed E-state index contributed by atoms with van der Waals surface area (Å²) < 4.78 is 33.0. The fraction of sp³-hybridized carbons (Fsp3) is 0.500. The number of carbonyl (C=O) groups is 2. The lowest BCUT2D eigenvalue weighted by atomic mass is 9.99. The Kier molecular flexibility index (Phi) is 7.57. The first-order valence-electron chi connectivity index (χ1n) is 11.8. The van der Waals surface area contributed by atoms with Crippen molar-refractivity contribution in [3.8, 4) is 5.75 Å². The number of piperidine rings is 1. The Morgan fingerprint density at radius 1 is 1.03 bits per heavy atom. The van der Waals surface area contributed by atoms with Crippen molar-refractivity contribution in [3.63, 3.8) is 0 Å². The smallest absolute Gasteiger partial charge is 0.270 e. The van der Waals surface area contributed by atoms with E-state index in [2.05, 4.69) is 10.3 Å². The molecule has 2 amide bonds. The van der Waals surface area contributed by atoms with E-state index in [4.69, 9.17) is 4.74 Å². The van der Waals surface area contributed by atoms with E-state index in [0.29, 0.717) is 43.9 Å². The maximum absolute atomic E-state index is 13.3. The number of rotatable bonds is 6. The first-order chi connectivity index (χ1) is 16.4. The highest BCUT2D eigenvalue weighted by atomic mass is 32.2. The van der Waals surface area contributed by atoms with Crippen LogP contribution in [0.1, 0.15) is 49.0 Å². The number of amides is 2. The normalized spacial score (nSPS) is 19.9. The van der Waals surface area contributed by atoms with Gasteiger partial charge in [0.05, 0.1) is 13.0 Å². The number of sulfonamides is 1. The van der Waals surface area contributed by atoms with Gasteiger partial charge in [-0.15, -0.1) is 0 Å². The second-order valence-corrected chi connectivity index (χ2v) is 10.8. The highest BCUT2D eigenvalue weighted by molar-refractivity contribution is 7.89. The van der Waals surface area contributed by atoms with Gasteiger partial charge in [-0.1, -0.05) is 12.8 Å². The minimum Gasteiger partial charge on any atom is -0.497 e. The number of anilines is 1. The van der Waals surface area contributed by atoms with Crippen LogP contribution in [0.4, 0.5) is 5.69 Å². The third-order valence-corrected chi connectivity index (χ3v) is 8.37. The van der Waals surface area contributed by atoms with E-state index >= 15 is 0 Å². The van der Waals surface area contributed by atoms with E-state index < -0.39 is 15.9 Å². The van der Waals surface area contributed by atoms with Gasteiger partial charge >= 0.3 is 0 Å². The maximum atomic E-state index is 13.3. The average molecular weight is 489 g/mol. The van der Waals surface area contributed by atoms with Crippen LogP contribution in [0.25, 0.3) is 0 Å². The lowest BCUT2D eigenvalue weighted by Gasteiger charge is -2.31. The van der Waals surface area contributed by atoms with Crippen molar-refractivity contribution in [2.45, 2.75) is 43.4 Å². The van der Waals surface area contributed by atoms with Gasteiger partial charge in [0, 0.05) is 38.1 Å². The molecule has 1 aromatic heterocycles. The summed E-state index contributed by atoms with van der Waals surface area (Å²) in [7, 11) is -2.25. The van der Waals surface area contributed by atoms with Gasteiger partial charge in [-0.2, -0.15) is 4.31 Å². The molecule has 2 saturated heterocycles. The second kappa shape index (κ2) is 10.6. The van der Waals surface area contributed by atoms with Crippen molar-refractivity contribution in [1.82, 2.24) is 14.2 Å². The van der Waals surface area contributed by atoms with E-state index in [0.717, 1.165) is 25.7 Å². The first-order valence-corrected chi connectivity index (χ1v) is 13.3. The number of nitrogens with one attached hydrogen (secondary N) is 2. The van der Waals surface area contributed by atoms with Crippen LogP contribution in [-0.4, -0.2) is 67.7 Å². The topological polar surface area (TPSA) is 112 Å². The van der Waals surface area contributed by atoms with Crippen molar-refractivity contribution in [2.75, 3.05) is 38.6 Å². The number of hydrogen-bond donors (Lipinski definition) is 2. The number of carbonyl (C=O) groups excluding carboxylic acids is 2. The predicted molar refractivity (Wildman–Crippen MR) is 128 cm³/mol. The van der Waals surface area contributed by atoms with Gasteiger partial charge in [0.2, 0.25) is 15.9 Å².